The number of ether oxygens (including phenoxy) is 1. The Bertz CT molecular complexity index is 806. The molecule has 1 aromatic carbocycles. The topological polar surface area (TPSA) is 56.2 Å². The number of likely N-dealkylation sites (tertiary alicyclic amines) is 1. The number of carboxylic acid groups (broad SMARTS) is 1. The fourth-order valence-electron chi connectivity index (χ4n) is 6.77. The molecule has 1 N–H and O–H groups in total. The summed E-state index contributed by atoms with van der Waals surface area (Å²) in [6.07, 6.45) is 4.92. The minimum atomic E-state index is -0.756. The molecule has 3 aliphatic heterocycles. The van der Waals surface area contributed by atoms with Crippen LogP contribution in [0.5, 0.6) is 0 Å². The molecule has 2 atom stereocenters. The molecular weight excluding hydrogens is 402 g/mol. The summed E-state index contributed by atoms with van der Waals surface area (Å²) in [5.41, 5.74) is 3.36. The van der Waals surface area contributed by atoms with Crippen molar-refractivity contribution < 1.29 is 14.6 Å². The van der Waals surface area contributed by atoms with Crippen molar-refractivity contribution >= 4 is 6.09 Å². The zero-order chi connectivity index (χ0) is 22.3. The first-order valence-corrected chi connectivity index (χ1v) is 12.6. The fourth-order valence-corrected chi connectivity index (χ4v) is 6.77. The van der Waals surface area contributed by atoms with E-state index in [1.54, 1.807) is 4.90 Å². The van der Waals surface area contributed by atoms with Crippen LogP contribution in [0, 0.1) is 5.41 Å². The molecule has 3 heterocycles. The van der Waals surface area contributed by atoms with E-state index < -0.39 is 6.09 Å². The first-order valence-electron chi connectivity index (χ1n) is 12.6. The number of piperidine rings is 1. The summed E-state index contributed by atoms with van der Waals surface area (Å²) in [6.45, 7) is 11.1. The molecule has 0 aromatic heterocycles. The van der Waals surface area contributed by atoms with Gasteiger partial charge in [0.05, 0.1) is 6.61 Å². The van der Waals surface area contributed by atoms with Crippen LogP contribution in [0.1, 0.15) is 69.0 Å². The van der Waals surface area contributed by atoms with E-state index in [1.807, 2.05) is 0 Å². The van der Waals surface area contributed by atoms with Crippen molar-refractivity contribution in [1.82, 2.24) is 14.7 Å². The summed E-state index contributed by atoms with van der Waals surface area (Å²) in [5.74, 6) is 0.520. The highest BCUT2D eigenvalue weighted by Crippen LogP contribution is 2.53. The normalized spacial score (nSPS) is 29.5. The Labute approximate surface area is 192 Å². The van der Waals surface area contributed by atoms with Gasteiger partial charge in [-0.25, -0.2) is 4.79 Å². The molecule has 1 spiro atoms. The van der Waals surface area contributed by atoms with Gasteiger partial charge in [-0.15, -0.1) is 0 Å². The second-order valence-corrected chi connectivity index (χ2v) is 10.9. The number of benzene rings is 1. The molecule has 1 amide bonds. The second kappa shape index (κ2) is 8.96. The molecule has 5 rings (SSSR count). The predicted octanol–water partition coefficient (Wildman–Crippen LogP) is 4.18. The van der Waals surface area contributed by atoms with Crippen molar-refractivity contribution in [2.75, 3.05) is 45.9 Å². The standard InChI is InChI=1S/C26H39N3O3/c1-19(2)22-5-3-4-6-23(22)24-17-28(20-7-14-32-18-20)12-13-29(24)21-15-26(16-21)8-10-27(11-9-26)25(30)31/h3-6,19-21,24H,7-18H2,1-2H3,(H,30,31). The molecule has 1 aromatic rings. The molecule has 1 saturated carbocycles. The minimum absolute atomic E-state index is 0.370. The molecule has 6 heteroatoms. The van der Waals surface area contributed by atoms with Crippen LogP contribution < -0.4 is 0 Å². The van der Waals surface area contributed by atoms with Crippen LogP contribution in [0.3, 0.4) is 0 Å². The van der Waals surface area contributed by atoms with Crippen LogP contribution in [-0.2, 0) is 4.74 Å². The average Bonchev–Trinajstić information content (AvgIpc) is 3.32. The van der Waals surface area contributed by atoms with Gasteiger partial charge in [0, 0.05) is 57.5 Å². The van der Waals surface area contributed by atoms with Gasteiger partial charge in [-0.05, 0) is 54.6 Å². The lowest BCUT2D eigenvalue weighted by Crippen LogP contribution is -2.61. The van der Waals surface area contributed by atoms with Gasteiger partial charge in [0.25, 0.3) is 0 Å². The molecular formula is C26H39N3O3. The van der Waals surface area contributed by atoms with Crippen LogP contribution in [0.25, 0.3) is 0 Å². The van der Waals surface area contributed by atoms with Gasteiger partial charge in [0.1, 0.15) is 0 Å². The molecule has 3 saturated heterocycles. The lowest BCUT2D eigenvalue weighted by molar-refractivity contribution is -0.0787. The van der Waals surface area contributed by atoms with Crippen molar-refractivity contribution in [3.8, 4) is 0 Å². The van der Waals surface area contributed by atoms with E-state index in [9.17, 15) is 9.90 Å². The number of amides is 1. The first-order chi connectivity index (χ1) is 15.5. The van der Waals surface area contributed by atoms with Crippen LogP contribution in [0.2, 0.25) is 0 Å². The van der Waals surface area contributed by atoms with Gasteiger partial charge in [-0.2, -0.15) is 0 Å². The van der Waals surface area contributed by atoms with E-state index in [2.05, 4.69) is 47.9 Å². The third-order valence-electron chi connectivity index (χ3n) is 8.75. The van der Waals surface area contributed by atoms with Gasteiger partial charge in [0.2, 0.25) is 0 Å². The number of rotatable bonds is 4. The summed E-state index contributed by atoms with van der Waals surface area (Å²) in [4.78, 5) is 18.4. The van der Waals surface area contributed by atoms with Crippen LogP contribution in [0.15, 0.2) is 24.3 Å². The zero-order valence-corrected chi connectivity index (χ0v) is 19.7. The predicted molar refractivity (Wildman–Crippen MR) is 125 cm³/mol. The maximum atomic E-state index is 11.3. The molecule has 32 heavy (non-hydrogen) atoms. The van der Waals surface area contributed by atoms with Crippen molar-refractivity contribution in [1.29, 1.82) is 0 Å². The second-order valence-electron chi connectivity index (χ2n) is 10.9. The maximum Gasteiger partial charge on any atom is 0.407 e. The lowest BCUT2D eigenvalue weighted by atomic mass is 9.59. The van der Waals surface area contributed by atoms with Crippen LogP contribution >= 0.6 is 0 Å². The van der Waals surface area contributed by atoms with Crippen molar-refractivity contribution in [3.05, 3.63) is 35.4 Å². The largest absolute Gasteiger partial charge is 0.465 e. The minimum Gasteiger partial charge on any atom is -0.465 e. The highest BCUT2D eigenvalue weighted by atomic mass is 16.5. The molecule has 0 bridgehead atoms. The number of carbonyl (C=O) groups is 1. The average molecular weight is 442 g/mol. The van der Waals surface area contributed by atoms with E-state index in [1.165, 1.54) is 24.0 Å². The molecule has 4 fully saturated rings. The van der Waals surface area contributed by atoms with E-state index in [4.69, 9.17) is 4.74 Å². The third-order valence-corrected chi connectivity index (χ3v) is 8.75. The number of hydrogen-bond donors (Lipinski definition) is 1. The maximum absolute atomic E-state index is 11.3. The monoisotopic (exact) mass is 441 g/mol. The molecule has 1 aliphatic carbocycles. The summed E-state index contributed by atoms with van der Waals surface area (Å²) in [5, 5.41) is 9.31. The van der Waals surface area contributed by atoms with Gasteiger partial charge in [-0.3, -0.25) is 9.80 Å². The Balaban J connectivity index is 1.33. The Morgan fingerprint density at radius 2 is 1.84 bits per heavy atom. The molecule has 6 nitrogen and oxygen atoms in total. The molecule has 176 valence electrons. The Kier molecular flexibility index (Phi) is 6.21. The van der Waals surface area contributed by atoms with Crippen molar-refractivity contribution in [2.45, 2.75) is 70.0 Å². The van der Waals surface area contributed by atoms with Gasteiger partial charge < -0.3 is 14.7 Å². The van der Waals surface area contributed by atoms with E-state index in [0.717, 1.165) is 52.1 Å². The van der Waals surface area contributed by atoms with Crippen LogP contribution in [0.4, 0.5) is 4.79 Å². The Hall–Kier alpha value is -1.63. The van der Waals surface area contributed by atoms with E-state index >= 15 is 0 Å². The summed E-state index contributed by atoms with van der Waals surface area (Å²) >= 11 is 0. The van der Waals surface area contributed by atoms with Gasteiger partial charge in [-0.1, -0.05) is 38.1 Å². The Morgan fingerprint density at radius 1 is 1.09 bits per heavy atom. The summed E-state index contributed by atoms with van der Waals surface area (Å²) in [6, 6.07) is 10.7. The summed E-state index contributed by atoms with van der Waals surface area (Å²) in [7, 11) is 0. The summed E-state index contributed by atoms with van der Waals surface area (Å²) < 4.78 is 5.72. The van der Waals surface area contributed by atoms with E-state index in [-0.39, 0.29) is 0 Å². The number of hydrogen-bond acceptors (Lipinski definition) is 4. The van der Waals surface area contributed by atoms with Gasteiger partial charge in [0.15, 0.2) is 0 Å². The molecule has 4 aliphatic rings. The highest BCUT2D eigenvalue weighted by Gasteiger charge is 2.50. The molecule has 2 unspecified atom stereocenters. The Morgan fingerprint density at radius 3 is 2.50 bits per heavy atom. The zero-order valence-electron chi connectivity index (χ0n) is 19.7. The quantitative estimate of drug-likeness (QED) is 0.760. The smallest absolute Gasteiger partial charge is 0.407 e. The van der Waals surface area contributed by atoms with E-state index in [0.29, 0.717) is 42.5 Å². The molecule has 0 radical (unpaired) electrons. The van der Waals surface area contributed by atoms with Crippen molar-refractivity contribution in [3.63, 3.8) is 0 Å². The van der Waals surface area contributed by atoms with Gasteiger partial charge >= 0.3 is 6.09 Å². The lowest BCUT2D eigenvalue weighted by Gasteiger charge is -2.58. The van der Waals surface area contributed by atoms with Crippen molar-refractivity contribution in [2.24, 2.45) is 5.41 Å². The van der Waals surface area contributed by atoms with Crippen LogP contribution in [-0.4, -0.2) is 83.9 Å². The first kappa shape index (κ1) is 22.2. The number of piperazine rings is 1. The number of nitrogens with zero attached hydrogens (tertiary/aromatic N) is 3. The third kappa shape index (κ3) is 4.17. The fraction of sp³-hybridized carbons (Fsp3) is 0.731. The highest BCUT2D eigenvalue weighted by molar-refractivity contribution is 5.65. The SMILES string of the molecule is CC(C)c1ccccc1C1CN(C2CCOC2)CCN1C1CC2(CCN(C(=O)O)CC2)C1.